The molecule has 18 heavy (non-hydrogen) atoms. The zero-order valence-corrected chi connectivity index (χ0v) is 10.6. The van der Waals surface area contributed by atoms with Crippen molar-refractivity contribution >= 4 is 10.9 Å². The van der Waals surface area contributed by atoms with Crippen LogP contribution < -0.4 is 0 Å². The minimum absolute atomic E-state index is 1.07. The highest BCUT2D eigenvalue weighted by atomic mass is 14.7. The molecule has 0 aliphatic rings. The van der Waals surface area contributed by atoms with E-state index in [4.69, 9.17) is 0 Å². The number of fused-ring (bicyclic) bond motifs is 1. The lowest BCUT2D eigenvalue weighted by Crippen LogP contribution is -1.90. The summed E-state index contributed by atoms with van der Waals surface area (Å²) in [7, 11) is 0. The summed E-state index contributed by atoms with van der Waals surface area (Å²) in [6, 6.07) is 19.5. The van der Waals surface area contributed by atoms with Crippen LogP contribution in [0.5, 0.6) is 0 Å². The third-order valence-electron chi connectivity index (χ3n) is 3.36. The predicted octanol–water partition coefficient (Wildman–Crippen LogP) is 4.26. The molecule has 1 heterocycles. The fraction of sp³-hybridized carbons (Fsp3) is 0.176. The number of hydrogen-bond acceptors (Lipinski definition) is 0. The molecule has 3 rings (SSSR count). The molecule has 0 amide bonds. The Morgan fingerprint density at radius 3 is 2.56 bits per heavy atom. The number of H-pyrrole nitrogens is 1. The summed E-state index contributed by atoms with van der Waals surface area (Å²) in [5, 5.41) is 1.32. The van der Waals surface area contributed by atoms with Crippen molar-refractivity contribution in [2.75, 3.05) is 0 Å². The van der Waals surface area contributed by atoms with Gasteiger partial charge < -0.3 is 4.98 Å². The Balaban J connectivity index is 1.79. The van der Waals surface area contributed by atoms with Gasteiger partial charge in [0, 0.05) is 11.2 Å². The topological polar surface area (TPSA) is 15.8 Å². The molecule has 0 unspecified atom stereocenters. The van der Waals surface area contributed by atoms with Gasteiger partial charge in [0.2, 0.25) is 0 Å². The van der Waals surface area contributed by atoms with E-state index in [0.29, 0.717) is 0 Å². The third-order valence-corrected chi connectivity index (χ3v) is 3.36. The quantitative estimate of drug-likeness (QED) is 0.698. The van der Waals surface area contributed by atoms with Crippen molar-refractivity contribution in [2.45, 2.75) is 19.8 Å². The molecule has 90 valence electrons. The molecule has 0 saturated carbocycles. The van der Waals surface area contributed by atoms with Crippen molar-refractivity contribution < 1.29 is 0 Å². The van der Waals surface area contributed by atoms with Crippen LogP contribution in [0.2, 0.25) is 0 Å². The van der Waals surface area contributed by atoms with E-state index in [-0.39, 0.29) is 0 Å². The van der Waals surface area contributed by atoms with Crippen LogP contribution in [-0.4, -0.2) is 4.98 Å². The molecule has 0 spiro atoms. The van der Waals surface area contributed by atoms with E-state index >= 15 is 0 Å². The number of rotatable bonds is 3. The number of benzene rings is 2. The van der Waals surface area contributed by atoms with Gasteiger partial charge in [-0.25, -0.2) is 0 Å². The van der Waals surface area contributed by atoms with Crippen LogP contribution in [-0.2, 0) is 12.8 Å². The van der Waals surface area contributed by atoms with Gasteiger partial charge in [0.1, 0.15) is 0 Å². The second-order valence-electron chi connectivity index (χ2n) is 4.87. The largest absolute Gasteiger partial charge is 0.358 e. The Hall–Kier alpha value is -2.02. The summed E-state index contributed by atoms with van der Waals surface area (Å²) in [6.45, 7) is 2.14. The molecule has 1 nitrogen and oxygen atoms in total. The van der Waals surface area contributed by atoms with Gasteiger partial charge in [-0.1, -0.05) is 42.0 Å². The van der Waals surface area contributed by atoms with Crippen LogP contribution in [0.25, 0.3) is 10.9 Å². The Kier molecular flexibility index (Phi) is 2.89. The Labute approximate surface area is 107 Å². The number of hydrogen-bond donors (Lipinski definition) is 1. The van der Waals surface area contributed by atoms with E-state index < -0.39 is 0 Å². The van der Waals surface area contributed by atoms with Gasteiger partial charge >= 0.3 is 0 Å². The van der Waals surface area contributed by atoms with Crippen LogP contribution >= 0.6 is 0 Å². The maximum atomic E-state index is 3.49. The predicted molar refractivity (Wildman–Crippen MR) is 76.9 cm³/mol. The van der Waals surface area contributed by atoms with Gasteiger partial charge in [-0.2, -0.15) is 0 Å². The van der Waals surface area contributed by atoms with E-state index in [1.54, 1.807) is 0 Å². The summed E-state index contributed by atoms with van der Waals surface area (Å²) >= 11 is 0. The van der Waals surface area contributed by atoms with Crippen molar-refractivity contribution in [3.8, 4) is 0 Å². The van der Waals surface area contributed by atoms with E-state index in [1.807, 2.05) is 0 Å². The third kappa shape index (κ3) is 2.30. The van der Waals surface area contributed by atoms with Crippen LogP contribution in [0.3, 0.4) is 0 Å². The molecule has 3 aromatic rings. The molecule has 0 aliphatic heterocycles. The van der Waals surface area contributed by atoms with Crippen LogP contribution in [0.15, 0.2) is 54.6 Å². The molecule has 0 atom stereocenters. The molecule has 1 heteroatoms. The summed E-state index contributed by atoms with van der Waals surface area (Å²) in [5.74, 6) is 0. The summed E-state index contributed by atoms with van der Waals surface area (Å²) < 4.78 is 0. The second kappa shape index (κ2) is 4.69. The first kappa shape index (κ1) is 11.1. The van der Waals surface area contributed by atoms with E-state index in [2.05, 4.69) is 66.5 Å². The van der Waals surface area contributed by atoms with Crippen molar-refractivity contribution in [1.82, 2.24) is 4.98 Å². The summed E-state index contributed by atoms with van der Waals surface area (Å²) in [4.78, 5) is 3.49. The maximum Gasteiger partial charge on any atom is 0.0456 e. The van der Waals surface area contributed by atoms with Gasteiger partial charge in [0.05, 0.1) is 0 Å². The molecule has 0 bridgehead atoms. The van der Waals surface area contributed by atoms with Gasteiger partial charge in [0.25, 0.3) is 0 Å². The molecular formula is C17H17N. The first-order chi connectivity index (χ1) is 8.81. The van der Waals surface area contributed by atoms with Crippen molar-refractivity contribution in [3.05, 3.63) is 71.4 Å². The van der Waals surface area contributed by atoms with Crippen molar-refractivity contribution in [3.63, 3.8) is 0 Å². The zero-order valence-electron chi connectivity index (χ0n) is 10.6. The van der Waals surface area contributed by atoms with E-state index in [9.17, 15) is 0 Å². The molecule has 1 aromatic heterocycles. The first-order valence-electron chi connectivity index (χ1n) is 6.43. The fourth-order valence-corrected chi connectivity index (χ4v) is 2.37. The lowest BCUT2D eigenvalue weighted by molar-refractivity contribution is 0.930. The van der Waals surface area contributed by atoms with Crippen LogP contribution in [0, 0.1) is 6.92 Å². The minimum Gasteiger partial charge on any atom is -0.358 e. The SMILES string of the molecule is Cc1ccc2[nH]c(CCc3ccccc3)cc2c1. The average molecular weight is 235 g/mol. The van der Waals surface area contributed by atoms with Gasteiger partial charge in [-0.15, -0.1) is 0 Å². The smallest absolute Gasteiger partial charge is 0.0456 e. The second-order valence-corrected chi connectivity index (χ2v) is 4.87. The monoisotopic (exact) mass is 235 g/mol. The molecule has 0 aliphatic carbocycles. The summed E-state index contributed by atoms with van der Waals surface area (Å²) in [5.41, 5.74) is 5.27. The van der Waals surface area contributed by atoms with Gasteiger partial charge in [0.15, 0.2) is 0 Å². The maximum absolute atomic E-state index is 3.49. The Morgan fingerprint density at radius 1 is 0.889 bits per heavy atom. The normalized spacial score (nSPS) is 10.9. The highest BCUT2D eigenvalue weighted by Crippen LogP contribution is 2.18. The van der Waals surface area contributed by atoms with Crippen molar-refractivity contribution in [1.29, 1.82) is 0 Å². The summed E-state index contributed by atoms with van der Waals surface area (Å²) in [6.07, 6.45) is 2.16. The van der Waals surface area contributed by atoms with E-state index in [0.717, 1.165) is 12.8 Å². The van der Waals surface area contributed by atoms with Crippen LogP contribution in [0.4, 0.5) is 0 Å². The fourth-order valence-electron chi connectivity index (χ4n) is 2.37. The molecule has 0 fully saturated rings. The number of aromatic amines is 1. The van der Waals surface area contributed by atoms with Crippen LogP contribution in [0.1, 0.15) is 16.8 Å². The molecule has 2 aromatic carbocycles. The van der Waals surface area contributed by atoms with Gasteiger partial charge in [-0.05, 0) is 48.9 Å². The Morgan fingerprint density at radius 2 is 1.72 bits per heavy atom. The first-order valence-corrected chi connectivity index (χ1v) is 6.43. The average Bonchev–Trinajstić information content (AvgIpc) is 2.79. The molecule has 0 saturated heterocycles. The lowest BCUT2D eigenvalue weighted by atomic mass is 10.1. The van der Waals surface area contributed by atoms with E-state index in [1.165, 1.54) is 27.7 Å². The standard InChI is InChI=1S/C17H17N/c1-13-7-10-17-15(11-13)12-16(18-17)9-8-14-5-3-2-4-6-14/h2-7,10-12,18H,8-9H2,1H3. The molecule has 0 radical (unpaired) electrons. The Bertz CT molecular complexity index is 650. The number of nitrogens with one attached hydrogen (secondary N) is 1. The zero-order chi connectivity index (χ0) is 12.4. The minimum atomic E-state index is 1.07. The van der Waals surface area contributed by atoms with Crippen molar-refractivity contribution in [2.24, 2.45) is 0 Å². The number of aromatic nitrogens is 1. The van der Waals surface area contributed by atoms with Gasteiger partial charge in [-0.3, -0.25) is 0 Å². The highest BCUT2D eigenvalue weighted by Gasteiger charge is 2.01. The molecule has 1 N–H and O–H groups in total. The lowest BCUT2D eigenvalue weighted by Gasteiger charge is -1.98. The molecular weight excluding hydrogens is 218 g/mol. The number of aryl methyl sites for hydroxylation is 3. The highest BCUT2D eigenvalue weighted by molar-refractivity contribution is 5.81.